The molecule has 0 saturated heterocycles. The second kappa shape index (κ2) is 8.06. The SMILES string of the molecule is COc1ccc(Cl)cc1NC(=O)CSc1nnc2c(Cl)cc(C(F)(F)F)cn12. The smallest absolute Gasteiger partial charge is 0.417 e. The highest BCUT2D eigenvalue weighted by Crippen LogP contribution is 2.33. The Morgan fingerprint density at radius 1 is 1.29 bits per heavy atom. The summed E-state index contributed by atoms with van der Waals surface area (Å²) in [5, 5.41) is 10.5. The highest BCUT2D eigenvalue weighted by molar-refractivity contribution is 7.99. The number of pyridine rings is 1. The Bertz CT molecular complexity index is 1040. The Kier molecular flexibility index (Phi) is 5.92. The molecule has 3 aromatic rings. The average Bonchev–Trinajstić information content (AvgIpc) is 3.03. The monoisotopic (exact) mass is 450 g/mol. The Morgan fingerprint density at radius 3 is 2.71 bits per heavy atom. The van der Waals surface area contributed by atoms with E-state index in [9.17, 15) is 18.0 Å². The molecule has 0 unspecified atom stereocenters. The number of thioether (sulfide) groups is 1. The van der Waals surface area contributed by atoms with Crippen LogP contribution in [0.25, 0.3) is 5.65 Å². The molecular formula is C16H11Cl2F3N4O2S. The van der Waals surface area contributed by atoms with E-state index in [0.29, 0.717) is 16.5 Å². The molecule has 2 heterocycles. The highest BCUT2D eigenvalue weighted by atomic mass is 35.5. The van der Waals surface area contributed by atoms with Gasteiger partial charge in [0.05, 0.1) is 29.1 Å². The fourth-order valence-corrected chi connectivity index (χ4v) is 3.41. The third kappa shape index (κ3) is 4.45. The molecule has 28 heavy (non-hydrogen) atoms. The summed E-state index contributed by atoms with van der Waals surface area (Å²) in [6, 6.07) is 5.50. The molecule has 6 nitrogen and oxygen atoms in total. The summed E-state index contributed by atoms with van der Waals surface area (Å²) in [6.07, 6.45) is -3.74. The molecule has 1 amide bonds. The highest BCUT2D eigenvalue weighted by Gasteiger charge is 2.32. The van der Waals surface area contributed by atoms with Crippen molar-refractivity contribution in [2.24, 2.45) is 0 Å². The zero-order valence-electron chi connectivity index (χ0n) is 14.1. The first-order valence-electron chi connectivity index (χ1n) is 7.56. The summed E-state index contributed by atoms with van der Waals surface area (Å²) in [6.45, 7) is 0. The normalized spacial score (nSPS) is 11.6. The van der Waals surface area contributed by atoms with Crippen LogP contribution in [0.2, 0.25) is 10.0 Å². The number of benzene rings is 1. The quantitative estimate of drug-likeness (QED) is 0.565. The molecule has 0 atom stereocenters. The van der Waals surface area contributed by atoms with E-state index in [1.165, 1.54) is 13.2 Å². The molecule has 0 aliphatic carbocycles. The Morgan fingerprint density at radius 2 is 2.04 bits per heavy atom. The lowest BCUT2D eigenvalue weighted by molar-refractivity contribution is -0.137. The van der Waals surface area contributed by atoms with Crippen molar-refractivity contribution in [2.45, 2.75) is 11.3 Å². The minimum Gasteiger partial charge on any atom is -0.495 e. The third-order valence-corrected chi connectivity index (χ3v) is 4.98. The molecule has 0 radical (unpaired) electrons. The topological polar surface area (TPSA) is 68.5 Å². The molecular weight excluding hydrogens is 440 g/mol. The van der Waals surface area contributed by atoms with Crippen LogP contribution < -0.4 is 10.1 Å². The van der Waals surface area contributed by atoms with Gasteiger partial charge in [-0.05, 0) is 24.3 Å². The van der Waals surface area contributed by atoms with Crippen molar-refractivity contribution in [3.05, 3.63) is 46.1 Å². The van der Waals surface area contributed by atoms with E-state index in [2.05, 4.69) is 15.5 Å². The number of halogens is 5. The number of carbonyl (C=O) groups is 1. The minimum absolute atomic E-state index is 0.0640. The number of nitrogens with one attached hydrogen (secondary N) is 1. The number of alkyl halides is 3. The van der Waals surface area contributed by atoms with Gasteiger partial charge in [0.2, 0.25) is 5.91 Å². The van der Waals surface area contributed by atoms with Gasteiger partial charge in [-0.3, -0.25) is 9.20 Å². The van der Waals surface area contributed by atoms with Crippen LogP contribution in [-0.4, -0.2) is 33.4 Å². The molecule has 1 N–H and O–H groups in total. The number of carbonyl (C=O) groups excluding carboxylic acids is 1. The van der Waals surface area contributed by atoms with E-state index in [4.69, 9.17) is 27.9 Å². The predicted octanol–water partition coefficient (Wildman–Crippen LogP) is 4.79. The first-order valence-corrected chi connectivity index (χ1v) is 9.31. The molecule has 2 aromatic heterocycles. The Balaban J connectivity index is 1.78. The number of amides is 1. The lowest BCUT2D eigenvalue weighted by atomic mass is 10.3. The van der Waals surface area contributed by atoms with Crippen molar-refractivity contribution < 1.29 is 22.7 Å². The molecule has 0 saturated carbocycles. The first-order chi connectivity index (χ1) is 13.2. The third-order valence-electron chi connectivity index (χ3n) is 3.52. The van der Waals surface area contributed by atoms with E-state index < -0.39 is 17.6 Å². The van der Waals surface area contributed by atoms with Crippen molar-refractivity contribution in [3.8, 4) is 5.75 Å². The standard InChI is InChI=1S/C16H11Cl2F3N4O2S/c1-27-12-3-2-9(17)5-11(12)22-13(26)7-28-15-24-23-14-10(18)4-8(6-25(14)15)16(19,20)21/h2-6H,7H2,1H3,(H,22,26). The zero-order chi connectivity index (χ0) is 20.5. The van der Waals surface area contributed by atoms with Crippen LogP contribution in [0.1, 0.15) is 5.56 Å². The summed E-state index contributed by atoms with van der Waals surface area (Å²) in [7, 11) is 1.44. The van der Waals surface area contributed by atoms with Gasteiger partial charge in [-0.15, -0.1) is 10.2 Å². The lowest BCUT2D eigenvalue weighted by Crippen LogP contribution is -2.15. The summed E-state index contributed by atoms with van der Waals surface area (Å²) in [5.74, 6) is -0.151. The van der Waals surface area contributed by atoms with Gasteiger partial charge in [-0.1, -0.05) is 35.0 Å². The van der Waals surface area contributed by atoms with Gasteiger partial charge in [0.25, 0.3) is 0 Å². The number of anilines is 1. The predicted molar refractivity (Wildman–Crippen MR) is 100 cm³/mol. The number of aromatic nitrogens is 3. The van der Waals surface area contributed by atoms with E-state index >= 15 is 0 Å². The molecule has 0 spiro atoms. The summed E-state index contributed by atoms with van der Waals surface area (Å²) in [5.41, 5.74) is -0.511. The second-order valence-corrected chi connectivity index (χ2v) is 7.22. The fourth-order valence-electron chi connectivity index (χ4n) is 2.28. The van der Waals surface area contributed by atoms with Crippen molar-refractivity contribution in [1.82, 2.24) is 14.6 Å². The number of methoxy groups -OCH3 is 1. The van der Waals surface area contributed by atoms with Crippen LogP contribution in [0.4, 0.5) is 18.9 Å². The van der Waals surface area contributed by atoms with E-state index in [-0.39, 0.29) is 21.6 Å². The van der Waals surface area contributed by atoms with Crippen LogP contribution in [0.15, 0.2) is 35.6 Å². The molecule has 0 bridgehead atoms. The van der Waals surface area contributed by atoms with Gasteiger partial charge in [0.15, 0.2) is 10.8 Å². The van der Waals surface area contributed by atoms with Gasteiger partial charge in [-0.25, -0.2) is 0 Å². The minimum atomic E-state index is -4.58. The first kappa shape index (κ1) is 20.6. The van der Waals surface area contributed by atoms with E-state index in [1.807, 2.05) is 0 Å². The van der Waals surface area contributed by atoms with Crippen LogP contribution in [0.5, 0.6) is 5.75 Å². The van der Waals surface area contributed by atoms with Gasteiger partial charge in [0.1, 0.15) is 5.75 Å². The molecule has 0 aliphatic heterocycles. The van der Waals surface area contributed by atoms with Gasteiger partial charge < -0.3 is 10.1 Å². The average molecular weight is 451 g/mol. The Labute approximate surface area is 171 Å². The number of hydrogen-bond donors (Lipinski definition) is 1. The summed E-state index contributed by atoms with van der Waals surface area (Å²) in [4.78, 5) is 12.2. The molecule has 3 rings (SSSR count). The fraction of sp³-hybridized carbons (Fsp3) is 0.188. The molecule has 1 aromatic carbocycles. The van der Waals surface area contributed by atoms with Crippen molar-refractivity contribution >= 4 is 52.2 Å². The maximum Gasteiger partial charge on any atom is 0.417 e. The van der Waals surface area contributed by atoms with Gasteiger partial charge >= 0.3 is 6.18 Å². The van der Waals surface area contributed by atoms with E-state index in [1.54, 1.807) is 12.1 Å². The van der Waals surface area contributed by atoms with Crippen LogP contribution >= 0.6 is 35.0 Å². The number of nitrogens with zero attached hydrogens (tertiary/aromatic N) is 3. The van der Waals surface area contributed by atoms with Crippen molar-refractivity contribution in [3.63, 3.8) is 0 Å². The molecule has 148 valence electrons. The zero-order valence-corrected chi connectivity index (χ0v) is 16.4. The van der Waals surface area contributed by atoms with E-state index in [0.717, 1.165) is 28.4 Å². The van der Waals surface area contributed by atoms with Crippen LogP contribution in [0.3, 0.4) is 0 Å². The van der Waals surface area contributed by atoms with Crippen LogP contribution in [-0.2, 0) is 11.0 Å². The maximum atomic E-state index is 13.0. The van der Waals surface area contributed by atoms with Crippen LogP contribution in [0, 0.1) is 0 Å². The maximum absolute atomic E-state index is 13.0. The second-order valence-electron chi connectivity index (χ2n) is 5.43. The number of ether oxygens (including phenoxy) is 1. The molecule has 0 aliphatic rings. The number of hydrogen-bond acceptors (Lipinski definition) is 5. The lowest BCUT2D eigenvalue weighted by Gasteiger charge is -2.10. The Hall–Kier alpha value is -2.17. The number of rotatable bonds is 5. The molecule has 0 fully saturated rings. The van der Waals surface area contributed by atoms with Crippen molar-refractivity contribution in [2.75, 3.05) is 18.2 Å². The van der Waals surface area contributed by atoms with Gasteiger partial charge in [-0.2, -0.15) is 13.2 Å². The number of fused-ring (bicyclic) bond motifs is 1. The summed E-state index contributed by atoms with van der Waals surface area (Å²) >= 11 is 12.7. The summed E-state index contributed by atoms with van der Waals surface area (Å²) < 4.78 is 45.2. The van der Waals surface area contributed by atoms with Crippen molar-refractivity contribution in [1.29, 1.82) is 0 Å². The van der Waals surface area contributed by atoms with Gasteiger partial charge in [0, 0.05) is 11.2 Å². The molecule has 12 heteroatoms. The largest absolute Gasteiger partial charge is 0.495 e.